The van der Waals surface area contributed by atoms with Crippen molar-refractivity contribution in [1.29, 1.82) is 0 Å². The second-order valence-corrected chi connectivity index (χ2v) is 7.73. The highest BCUT2D eigenvalue weighted by molar-refractivity contribution is 5.88. The zero-order chi connectivity index (χ0) is 18.7. The van der Waals surface area contributed by atoms with Crippen LogP contribution in [0.15, 0.2) is 48.8 Å². The van der Waals surface area contributed by atoms with Crippen LogP contribution in [0.5, 0.6) is 0 Å². The smallest absolute Gasteiger partial charge is 0.233 e. The molecule has 1 aromatic heterocycles. The summed E-state index contributed by atoms with van der Waals surface area (Å²) in [5.41, 5.74) is 1.51. The number of halogens is 1. The topological polar surface area (TPSA) is 36.4 Å². The van der Waals surface area contributed by atoms with Crippen LogP contribution in [0.2, 0.25) is 0 Å². The summed E-state index contributed by atoms with van der Waals surface area (Å²) in [6.07, 6.45) is 7.39. The molecule has 1 amide bonds. The molecule has 2 aliphatic rings. The normalized spacial score (nSPS) is 20.0. The fraction of sp³-hybridized carbons (Fsp3) is 0.455. The van der Waals surface area contributed by atoms with Gasteiger partial charge in [-0.1, -0.05) is 31.0 Å². The van der Waals surface area contributed by atoms with Gasteiger partial charge in [0, 0.05) is 45.1 Å². The molecule has 1 aliphatic heterocycles. The van der Waals surface area contributed by atoms with Gasteiger partial charge in [-0.2, -0.15) is 0 Å². The van der Waals surface area contributed by atoms with Crippen LogP contribution in [-0.4, -0.2) is 46.9 Å². The van der Waals surface area contributed by atoms with Crippen LogP contribution in [0.4, 0.5) is 4.39 Å². The molecule has 0 atom stereocenters. The molecule has 2 heterocycles. The van der Waals surface area contributed by atoms with Gasteiger partial charge in [0.1, 0.15) is 5.82 Å². The Morgan fingerprint density at radius 2 is 1.85 bits per heavy atom. The van der Waals surface area contributed by atoms with E-state index in [1.165, 1.54) is 11.6 Å². The fourth-order valence-electron chi connectivity index (χ4n) is 4.55. The molecule has 0 bridgehead atoms. The van der Waals surface area contributed by atoms with E-state index in [1.54, 1.807) is 18.3 Å². The molecule has 0 unspecified atom stereocenters. The maximum atomic E-state index is 13.8. The number of rotatable bonds is 4. The fourth-order valence-corrected chi connectivity index (χ4v) is 4.55. The maximum absolute atomic E-state index is 13.8. The molecule has 27 heavy (non-hydrogen) atoms. The first-order chi connectivity index (χ1) is 13.2. The van der Waals surface area contributed by atoms with Crippen molar-refractivity contribution in [3.63, 3.8) is 0 Å². The monoisotopic (exact) mass is 367 g/mol. The number of hydrogen-bond acceptors (Lipinski definition) is 3. The van der Waals surface area contributed by atoms with Crippen molar-refractivity contribution < 1.29 is 9.18 Å². The Hall–Kier alpha value is -2.27. The summed E-state index contributed by atoms with van der Waals surface area (Å²) in [5, 5.41) is 0. The number of nitrogens with zero attached hydrogens (tertiary/aromatic N) is 3. The average Bonchev–Trinajstić information content (AvgIpc) is 3.20. The van der Waals surface area contributed by atoms with Gasteiger partial charge in [-0.3, -0.25) is 14.7 Å². The first kappa shape index (κ1) is 18.1. The van der Waals surface area contributed by atoms with Crippen molar-refractivity contribution in [2.75, 3.05) is 26.2 Å². The molecular formula is C22H26FN3O. The summed E-state index contributed by atoms with van der Waals surface area (Å²) in [5.74, 6) is -0.0699. The molecule has 4 nitrogen and oxygen atoms in total. The Kier molecular flexibility index (Phi) is 5.21. The lowest BCUT2D eigenvalue weighted by molar-refractivity contribution is -0.139. The summed E-state index contributed by atoms with van der Waals surface area (Å²) in [6, 6.07) is 10.7. The van der Waals surface area contributed by atoms with Crippen molar-refractivity contribution in [3.8, 4) is 0 Å². The molecule has 0 N–H and O–H groups in total. The Morgan fingerprint density at radius 3 is 2.52 bits per heavy atom. The van der Waals surface area contributed by atoms with Gasteiger partial charge in [-0.05, 0) is 42.2 Å². The third kappa shape index (κ3) is 3.74. The van der Waals surface area contributed by atoms with Crippen molar-refractivity contribution in [2.24, 2.45) is 0 Å². The minimum atomic E-state index is -0.534. The average molecular weight is 367 g/mol. The lowest BCUT2D eigenvalue weighted by Gasteiger charge is -2.40. The number of amides is 1. The van der Waals surface area contributed by atoms with Crippen LogP contribution >= 0.6 is 0 Å². The molecule has 4 rings (SSSR count). The van der Waals surface area contributed by atoms with E-state index in [9.17, 15) is 9.18 Å². The van der Waals surface area contributed by atoms with Gasteiger partial charge in [-0.25, -0.2) is 4.39 Å². The first-order valence-corrected chi connectivity index (χ1v) is 9.84. The van der Waals surface area contributed by atoms with Crippen molar-refractivity contribution in [2.45, 2.75) is 37.6 Å². The second-order valence-electron chi connectivity index (χ2n) is 7.73. The van der Waals surface area contributed by atoms with Crippen molar-refractivity contribution in [1.82, 2.24) is 14.8 Å². The number of piperazine rings is 1. The Balaban J connectivity index is 1.44. The molecule has 0 radical (unpaired) electrons. The SMILES string of the molecule is O=C(N1CCN(Cc2cccnc2)CC1)C1(c2cccc(F)c2)CCCC1. The quantitative estimate of drug-likeness (QED) is 0.831. The second kappa shape index (κ2) is 7.77. The molecule has 1 saturated heterocycles. The number of aromatic nitrogens is 1. The van der Waals surface area contributed by atoms with Gasteiger partial charge in [0.2, 0.25) is 5.91 Å². The summed E-state index contributed by atoms with van der Waals surface area (Å²) in [6.45, 7) is 4.05. The highest BCUT2D eigenvalue weighted by Gasteiger charge is 2.45. The van der Waals surface area contributed by atoms with Crippen molar-refractivity contribution >= 4 is 5.91 Å². The maximum Gasteiger partial charge on any atom is 0.233 e. The molecule has 2 fully saturated rings. The van der Waals surface area contributed by atoms with E-state index in [-0.39, 0.29) is 11.7 Å². The third-order valence-electron chi connectivity index (χ3n) is 6.03. The lowest BCUT2D eigenvalue weighted by atomic mass is 9.77. The van der Waals surface area contributed by atoms with Crippen LogP contribution in [0.1, 0.15) is 36.8 Å². The number of carbonyl (C=O) groups is 1. The summed E-state index contributed by atoms with van der Waals surface area (Å²) in [4.78, 5) is 22.0. The van der Waals surface area contributed by atoms with E-state index in [1.807, 2.05) is 23.2 Å². The predicted molar refractivity (Wildman–Crippen MR) is 103 cm³/mol. The molecule has 0 spiro atoms. The number of pyridine rings is 1. The van der Waals surface area contributed by atoms with Crippen LogP contribution in [0, 0.1) is 5.82 Å². The summed E-state index contributed by atoms with van der Waals surface area (Å²) in [7, 11) is 0. The standard InChI is InChI=1S/C22H26FN3O/c23-20-7-3-6-19(15-20)22(8-1-2-9-22)21(27)26-13-11-25(12-14-26)17-18-5-4-10-24-16-18/h3-7,10,15-16H,1-2,8-9,11-14,17H2. The number of hydrogen-bond donors (Lipinski definition) is 0. The lowest BCUT2D eigenvalue weighted by Crippen LogP contribution is -2.53. The zero-order valence-corrected chi connectivity index (χ0v) is 15.6. The van der Waals surface area contributed by atoms with Gasteiger partial charge in [0.15, 0.2) is 0 Å². The van der Waals surface area contributed by atoms with Gasteiger partial charge in [-0.15, -0.1) is 0 Å². The predicted octanol–water partition coefficient (Wildman–Crippen LogP) is 3.38. The summed E-state index contributed by atoms with van der Waals surface area (Å²) < 4.78 is 13.8. The van der Waals surface area contributed by atoms with Gasteiger partial charge < -0.3 is 4.90 Å². The van der Waals surface area contributed by atoms with E-state index in [2.05, 4.69) is 16.0 Å². The Morgan fingerprint density at radius 1 is 1.07 bits per heavy atom. The summed E-state index contributed by atoms with van der Waals surface area (Å²) >= 11 is 0. The molecular weight excluding hydrogens is 341 g/mol. The largest absolute Gasteiger partial charge is 0.339 e. The zero-order valence-electron chi connectivity index (χ0n) is 15.6. The molecule has 1 saturated carbocycles. The number of benzene rings is 1. The van der Waals surface area contributed by atoms with E-state index < -0.39 is 5.41 Å². The Labute approximate surface area is 160 Å². The molecule has 5 heteroatoms. The van der Waals surface area contributed by atoms with Crippen LogP contribution in [0.3, 0.4) is 0 Å². The van der Waals surface area contributed by atoms with Crippen LogP contribution in [-0.2, 0) is 16.8 Å². The third-order valence-corrected chi connectivity index (χ3v) is 6.03. The first-order valence-electron chi connectivity index (χ1n) is 9.84. The van der Waals surface area contributed by atoms with Gasteiger partial charge >= 0.3 is 0 Å². The highest BCUT2D eigenvalue weighted by Crippen LogP contribution is 2.43. The number of carbonyl (C=O) groups excluding carboxylic acids is 1. The van der Waals surface area contributed by atoms with Crippen LogP contribution < -0.4 is 0 Å². The Bertz CT molecular complexity index is 781. The molecule has 142 valence electrons. The highest BCUT2D eigenvalue weighted by atomic mass is 19.1. The van der Waals surface area contributed by atoms with E-state index in [4.69, 9.17) is 0 Å². The van der Waals surface area contributed by atoms with Crippen LogP contribution in [0.25, 0.3) is 0 Å². The van der Waals surface area contributed by atoms with Gasteiger partial charge in [0.05, 0.1) is 5.41 Å². The van der Waals surface area contributed by atoms with E-state index in [0.717, 1.165) is 64.0 Å². The molecule has 2 aromatic rings. The minimum absolute atomic E-state index is 0.187. The molecule has 1 aliphatic carbocycles. The van der Waals surface area contributed by atoms with Gasteiger partial charge in [0.25, 0.3) is 0 Å². The van der Waals surface area contributed by atoms with Crippen molar-refractivity contribution in [3.05, 3.63) is 65.7 Å². The van der Waals surface area contributed by atoms with E-state index >= 15 is 0 Å². The van der Waals surface area contributed by atoms with E-state index in [0.29, 0.717) is 0 Å². The minimum Gasteiger partial charge on any atom is -0.339 e. The molecule has 1 aromatic carbocycles.